The van der Waals surface area contributed by atoms with E-state index in [9.17, 15) is 8.42 Å². The van der Waals surface area contributed by atoms with E-state index in [0.717, 1.165) is 11.1 Å². The maximum Gasteiger partial charge on any atom is 0.241 e. The molecule has 2 aromatic rings. The summed E-state index contributed by atoms with van der Waals surface area (Å²) in [4.78, 5) is 0.195. The molecular formula is C16H19NO3S. The summed E-state index contributed by atoms with van der Waals surface area (Å²) in [5, 5.41) is 8.99. The van der Waals surface area contributed by atoms with Crippen LogP contribution in [0.4, 0.5) is 0 Å². The number of hydrogen-bond donors (Lipinski definition) is 2. The molecule has 0 aliphatic heterocycles. The van der Waals surface area contributed by atoms with Crippen LogP contribution >= 0.6 is 0 Å². The van der Waals surface area contributed by atoms with Crippen LogP contribution < -0.4 is 4.72 Å². The molecule has 0 radical (unpaired) electrons. The first-order chi connectivity index (χ1) is 9.94. The van der Waals surface area contributed by atoms with Crippen LogP contribution in [0.25, 0.3) is 0 Å². The largest absolute Gasteiger partial charge is 0.392 e. The predicted octanol–water partition coefficient (Wildman–Crippen LogP) is 2.53. The molecule has 0 aromatic heterocycles. The minimum absolute atomic E-state index is 0.104. The molecule has 5 heteroatoms. The lowest BCUT2D eigenvalue weighted by Gasteiger charge is -2.16. The van der Waals surface area contributed by atoms with E-state index in [4.69, 9.17) is 5.11 Å². The van der Waals surface area contributed by atoms with Crippen molar-refractivity contribution < 1.29 is 13.5 Å². The SMILES string of the molecule is Cc1ccccc1C(C)NS(=O)(=O)c1ccc(CO)cc1. The van der Waals surface area contributed by atoms with Crippen LogP contribution in [-0.4, -0.2) is 13.5 Å². The van der Waals surface area contributed by atoms with Crippen LogP contribution in [0.5, 0.6) is 0 Å². The monoisotopic (exact) mass is 305 g/mol. The van der Waals surface area contributed by atoms with Crippen molar-refractivity contribution in [2.75, 3.05) is 0 Å². The van der Waals surface area contributed by atoms with Crippen molar-refractivity contribution in [2.24, 2.45) is 0 Å². The van der Waals surface area contributed by atoms with Crippen LogP contribution in [-0.2, 0) is 16.6 Å². The number of hydrogen-bond acceptors (Lipinski definition) is 3. The Morgan fingerprint density at radius 2 is 1.71 bits per heavy atom. The third-order valence-corrected chi connectivity index (χ3v) is 4.96. The van der Waals surface area contributed by atoms with Crippen molar-refractivity contribution in [1.29, 1.82) is 0 Å². The van der Waals surface area contributed by atoms with E-state index in [1.807, 2.05) is 38.1 Å². The van der Waals surface area contributed by atoms with Crippen molar-refractivity contribution in [2.45, 2.75) is 31.4 Å². The molecule has 1 atom stereocenters. The molecule has 21 heavy (non-hydrogen) atoms. The zero-order chi connectivity index (χ0) is 15.5. The molecule has 2 aromatic carbocycles. The van der Waals surface area contributed by atoms with Crippen molar-refractivity contribution in [3.8, 4) is 0 Å². The summed E-state index contributed by atoms with van der Waals surface area (Å²) in [6.45, 7) is 3.67. The second-order valence-electron chi connectivity index (χ2n) is 5.00. The third kappa shape index (κ3) is 3.69. The first kappa shape index (κ1) is 15.7. The second kappa shape index (κ2) is 6.39. The van der Waals surface area contributed by atoms with Gasteiger partial charge in [0, 0.05) is 6.04 Å². The number of sulfonamides is 1. The van der Waals surface area contributed by atoms with E-state index in [2.05, 4.69) is 4.72 Å². The van der Waals surface area contributed by atoms with Gasteiger partial charge in [-0.2, -0.15) is 0 Å². The molecule has 2 N–H and O–H groups in total. The normalized spacial score (nSPS) is 13.1. The molecule has 0 amide bonds. The maximum atomic E-state index is 12.4. The number of aliphatic hydroxyl groups excluding tert-OH is 1. The fourth-order valence-electron chi connectivity index (χ4n) is 2.21. The van der Waals surface area contributed by atoms with Gasteiger partial charge >= 0.3 is 0 Å². The van der Waals surface area contributed by atoms with Crippen LogP contribution in [0.15, 0.2) is 53.4 Å². The highest BCUT2D eigenvalue weighted by Crippen LogP contribution is 2.20. The Bertz CT molecular complexity index is 709. The average molecular weight is 305 g/mol. The molecule has 0 aliphatic carbocycles. The number of rotatable bonds is 5. The minimum atomic E-state index is -3.58. The second-order valence-corrected chi connectivity index (χ2v) is 6.72. The minimum Gasteiger partial charge on any atom is -0.392 e. The zero-order valence-electron chi connectivity index (χ0n) is 12.1. The fraction of sp³-hybridized carbons (Fsp3) is 0.250. The van der Waals surface area contributed by atoms with Gasteiger partial charge in [-0.3, -0.25) is 0 Å². The van der Waals surface area contributed by atoms with Crippen LogP contribution in [0.2, 0.25) is 0 Å². The highest BCUT2D eigenvalue weighted by molar-refractivity contribution is 7.89. The molecule has 0 bridgehead atoms. The van der Waals surface area contributed by atoms with Crippen molar-refractivity contribution in [1.82, 2.24) is 4.72 Å². The third-order valence-electron chi connectivity index (χ3n) is 3.40. The van der Waals surface area contributed by atoms with Gasteiger partial charge in [0.15, 0.2) is 0 Å². The molecule has 2 rings (SSSR count). The van der Waals surface area contributed by atoms with Gasteiger partial charge in [0.1, 0.15) is 0 Å². The predicted molar refractivity (Wildman–Crippen MR) is 82.3 cm³/mol. The fourth-order valence-corrected chi connectivity index (χ4v) is 3.43. The average Bonchev–Trinajstić information content (AvgIpc) is 2.47. The smallest absolute Gasteiger partial charge is 0.241 e. The van der Waals surface area contributed by atoms with Gasteiger partial charge in [0.05, 0.1) is 11.5 Å². The summed E-state index contributed by atoms with van der Waals surface area (Å²) >= 11 is 0. The Labute approximate surface area is 125 Å². The van der Waals surface area contributed by atoms with Gasteiger partial charge in [-0.15, -0.1) is 0 Å². The first-order valence-corrected chi connectivity index (χ1v) is 8.20. The van der Waals surface area contributed by atoms with Gasteiger partial charge in [-0.25, -0.2) is 13.1 Å². The van der Waals surface area contributed by atoms with Crippen molar-refractivity contribution >= 4 is 10.0 Å². The first-order valence-electron chi connectivity index (χ1n) is 6.71. The maximum absolute atomic E-state index is 12.4. The molecule has 0 aliphatic rings. The Kier molecular flexibility index (Phi) is 4.77. The summed E-state index contributed by atoms with van der Waals surface area (Å²) in [6.07, 6.45) is 0. The van der Waals surface area contributed by atoms with Crippen molar-refractivity contribution in [3.63, 3.8) is 0 Å². The molecule has 0 spiro atoms. The van der Waals surface area contributed by atoms with Crippen LogP contribution in [0, 0.1) is 6.92 Å². The van der Waals surface area contributed by atoms with Crippen molar-refractivity contribution in [3.05, 3.63) is 65.2 Å². The van der Waals surface area contributed by atoms with Gasteiger partial charge in [0.25, 0.3) is 0 Å². The lowest BCUT2D eigenvalue weighted by atomic mass is 10.0. The molecule has 4 nitrogen and oxygen atoms in total. The Hall–Kier alpha value is -1.69. The van der Waals surface area contributed by atoms with E-state index >= 15 is 0 Å². The van der Waals surface area contributed by atoms with Gasteiger partial charge in [-0.05, 0) is 42.7 Å². The van der Waals surface area contributed by atoms with Crippen LogP contribution in [0.3, 0.4) is 0 Å². The summed E-state index contributed by atoms with van der Waals surface area (Å²) in [5.41, 5.74) is 2.68. The summed E-state index contributed by atoms with van der Waals surface area (Å²) in [6, 6.07) is 13.6. The van der Waals surface area contributed by atoms with Gasteiger partial charge < -0.3 is 5.11 Å². The molecule has 112 valence electrons. The van der Waals surface area contributed by atoms with E-state index in [1.165, 1.54) is 12.1 Å². The number of nitrogens with one attached hydrogen (secondary N) is 1. The molecule has 0 fully saturated rings. The highest BCUT2D eigenvalue weighted by atomic mass is 32.2. The number of aryl methyl sites for hydroxylation is 1. The Balaban J connectivity index is 2.22. The number of benzene rings is 2. The summed E-state index contributed by atoms with van der Waals surface area (Å²) < 4.78 is 27.4. The Morgan fingerprint density at radius 3 is 2.29 bits per heavy atom. The van der Waals surface area contributed by atoms with E-state index < -0.39 is 10.0 Å². The zero-order valence-corrected chi connectivity index (χ0v) is 12.9. The molecule has 0 saturated carbocycles. The van der Waals surface area contributed by atoms with E-state index in [-0.39, 0.29) is 17.5 Å². The molecular weight excluding hydrogens is 286 g/mol. The quantitative estimate of drug-likeness (QED) is 0.892. The van der Waals surface area contributed by atoms with Gasteiger partial charge in [0.2, 0.25) is 10.0 Å². The molecule has 1 unspecified atom stereocenters. The Morgan fingerprint density at radius 1 is 1.10 bits per heavy atom. The highest BCUT2D eigenvalue weighted by Gasteiger charge is 2.19. The lowest BCUT2D eigenvalue weighted by Crippen LogP contribution is -2.27. The summed E-state index contributed by atoms with van der Waals surface area (Å²) in [7, 11) is -3.58. The van der Waals surface area contributed by atoms with Crippen LogP contribution in [0.1, 0.15) is 29.7 Å². The van der Waals surface area contributed by atoms with E-state index in [1.54, 1.807) is 12.1 Å². The topological polar surface area (TPSA) is 66.4 Å². The van der Waals surface area contributed by atoms with E-state index in [0.29, 0.717) is 5.56 Å². The number of aliphatic hydroxyl groups is 1. The summed E-state index contributed by atoms with van der Waals surface area (Å²) in [5.74, 6) is 0. The standard InChI is InChI=1S/C16H19NO3S/c1-12-5-3-4-6-16(12)13(2)17-21(19,20)15-9-7-14(11-18)8-10-15/h3-10,13,17-18H,11H2,1-2H3. The van der Waals surface area contributed by atoms with Gasteiger partial charge in [-0.1, -0.05) is 36.4 Å². The molecule has 0 saturated heterocycles. The lowest BCUT2D eigenvalue weighted by molar-refractivity contribution is 0.282. The molecule has 0 heterocycles.